The molecule has 4 aromatic heterocycles. The Morgan fingerprint density at radius 2 is 0.877 bits per heavy atom. The Morgan fingerprint density at radius 1 is 0.301 bits per heavy atom. The van der Waals surface area contributed by atoms with E-state index >= 15 is 0 Å². The molecular weight excluding hydrogens is 903 g/mol. The molecule has 0 bridgehead atoms. The van der Waals surface area contributed by atoms with E-state index in [0.29, 0.717) is 0 Å². The van der Waals surface area contributed by atoms with Gasteiger partial charge in [-0.15, -0.1) is 11.3 Å². The second-order valence-electron chi connectivity index (χ2n) is 19.4. The molecule has 338 valence electrons. The second-order valence-corrected chi connectivity index (χ2v) is 20.5. The van der Waals surface area contributed by atoms with Crippen molar-refractivity contribution in [2.24, 2.45) is 0 Å². The number of imidazole rings is 1. The molecule has 0 fully saturated rings. The molecule has 0 aliphatic rings. The number of aromatic nitrogens is 3. The summed E-state index contributed by atoms with van der Waals surface area (Å²) in [5.74, 6) is 0. The van der Waals surface area contributed by atoms with Crippen LogP contribution in [0.2, 0.25) is 0 Å². The molecule has 16 rings (SSSR count). The van der Waals surface area contributed by atoms with Crippen LogP contribution in [-0.4, -0.2) is 14.0 Å². The highest BCUT2D eigenvalue weighted by Gasteiger charge is 2.21. The molecule has 4 heterocycles. The fourth-order valence-electron chi connectivity index (χ4n) is 12.0. The van der Waals surface area contributed by atoms with Gasteiger partial charge in [0, 0.05) is 37.3 Å². The van der Waals surface area contributed by atoms with Crippen molar-refractivity contribution in [3.05, 3.63) is 249 Å². The number of hydrogen-bond acceptors (Lipinski definition) is 2. The van der Waals surface area contributed by atoms with E-state index in [-0.39, 0.29) is 0 Å². The summed E-state index contributed by atoms with van der Waals surface area (Å²) >= 11 is 1.86. The summed E-state index contributed by atoms with van der Waals surface area (Å²) in [5.41, 5.74) is 16.2. The molecule has 0 spiro atoms. The van der Waals surface area contributed by atoms with E-state index in [1.54, 1.807) is 0 Å². The number of rotatable bonds is 5. The smallest absolute Gasteiger partial charge is 0.156 e. The van der Waals surface area contributed by atoms with Crippen molar-refractivity contribution in [3.63, 3.8) is 0 Å². The van der Waals surface area contributed by atoms with Crippen molar-refractivity contribution in [2.45, 2.75) is 0 Å². The standard InChI is InChI=1S/C69H41N3S/c1-2-15-51(16-3-1)71-62-21-11-10-20-57(62)58-33-31-49(40-65(58)71)42-22-24-44(25-23-42)52-35-36-53(56-19-9-8-18-55(52)56)45-26-28-46(29-27-45)64-41-61-59-34-30-43-12-6-7-17-54(43)67(59)73-68(61)69-70-66-60-39-48-14-5-4-13-47(48)38-50(60)32-37-63(66)72(64)69/h1-41H. The van der Waals surface area contributed by atoms with Crippen LogP contribution in [0.4, 0.5) is 0 Å². The monoisotopic (exact) mass is 943 g/mol. The van der Waals surface area contributed by atoms with Gasteiger partial charge in [0.05, 0.1) is 32.5 Å². The number of pyridine rings is 1. The maximum atomic E-state index is 5.60. The average molecular weight is 944 g/mol. The molecule has 0 unspecified atom stereocenters. The number of thiophene rings is 1. The van der Waals surface area contributed by atoms with Crippen LogP contribution < -0.4 is 0 Å². The minimum atomic E-state index is 1.00. The highest BCUT2D eigenvalue weighted by Crippen LogP contribution is 2.45. The molecule has 3 nitrogen and oxygen atoms in total. The van der Waals surface area contributed by atoms with E-state index < -0.39 is 0 Å². The van der Waals surface area contributed by atoms with Gasteiger partial charge in [-0.2, -0.15) is 0 Å². The SMILES string of the molecule is c1ccc(-n2c3ccccc3c3ccc(-c4ccc(-c5ccc(-c6ccc(-c7cc8c9ccc%10ccccc%10c9sc8c8nc9c%10cc%11ccccc%11cc%10ccc9n78)cc6)c6ccccc56)cc4)cc32)cc1. The third-order valence-corrected chi connectivity index (χ3v) is 16.7. The molecule has 0 radical (unpaired) electrons. The van der Waals surface area contributed by atoms with E-state index in [1.807, 2.05) is 11.3 Å². The molecule has 0 saturated heterocycles. The molecular formula is C69H41N3S. The van der Waals surface area contributed by atoms with Crippen LogP contribution in [-0.2, 0) is 0 Å². The Morgan fingerprint density at radius 3 is 1.63 bits per heavy atom. The summed E-state index contributed by atoms with van der Waals surface area (Å²) in [7, 11) is 0. The number of fused-ring (bicyclic) bond motifs is 16. The van der Waals surface area contributed by atoms with E-state index in [1.165, 1.54) is 124 Å². The second kappa shape index (κ2) is 15.6. The van der Waals surface area contributed by atoms with Crippen molar-refractivity contribution in [1.29, 1.82) is 0 Å². The first-order valence-electron chi connectivity index (χ1n) is 25.0. The largest absolute Gasteiger partial charge is 0.309 e. The Balaban J connectivity index is 0.800. The lowest BCUT2D eigenvalue weighted by molar-refractivity contribution is 1.18. The number of benzene rings is 12. The van der Waals surface area contributed by atoms with Gasteiger partial charge in [0.1, 0.15) is 0 Å². The van der Waals surface area contributed by atoms with Crippen molar-refractivity contribution >= 4 is 113 Å². The summed E-state index contributed by atoms with van der Waals surface area (Å²) < 4.78 is 7.32. The van der Waals surface area contributed by atoms with Gasteiger partial charge in [-0.05, 0) is 125 Å². The van der Waals surface area contributed by atoms with Gasteiger partial charge >= 0.3 is 0 Å². The molecule has 0 atom stereocenters. The maximum absolute atomic E-state index is 5.60. The van der Waals surface area contributed by atoms with Crippen LogP contribution >= 0.6 is 11.3 Å². The van der Waals surface area contributed by atoms with Crippen molar-refractivity contribution in [2.75, 3.05) is 0 Å². The molecule has 0 aliphatic heterocycles. The van der Waals surface area contributed by atoms with Crippen LogP contribution in [0.1, 0.15) is 0 Å². The normalized spacial score (nSPS) is 12.1. The summed E-state index contributed by atoms with van der Waals surface area (Å²) in [6.45, 7) is 0. The topological polar surface area (TPSA) is 22.2 Å². The lowest BCUT2D eigenvalue weighted by atomic mass is 9.91. The zero-order valence-electron chi connectivity index (χ0n) is 39.4. The fraction of sp³-hybridized carbons (Fsp3) is 0. The number of para-hydroxylation sites is 2. The van der Waals surface area contributed by atoms with Gasteiger partial charge in [-0.25, -0.2) is 4.98 Å². The molecule has 73 heavy (non-hydrogen) atoms. The lowest BCUT2D eigenvalue weighted by Gasteiger charge is -2.14. The van der Waals surface area contributed by atoms with Crippen LogP contribution in [0.25, 0.3) is 152 Å². The van der Waals surface area contributed by atoms with E-state index in [4.69, 9.17) is 4.98 Å². The first-order valence-corrected chi connectivity index (χ1v) is 25.8. The zero-order valence-corrected chi connectivity index (χ0v) is 40.2. The highest BCUT2D eigenvalue weighted by atomic mass is 32.1. The van der Waals surface area contributed by atoms with Crippen molar-refractivity contribution in [3.8, 4) is 50.3 Å². The van der Waals surface area contributed by atoms with E-state index in [0.717, 1.165) is 27.9 Å². The van der Waals surface area contributed by atoms with Gasteiger partial charge in [0.2, 0.25) is 0 Å². The quantitative estimate of drug-likeness (QED) is 0.158. The van der Waals surface area contributed by atoms with E-state index in [2.05, 4.69) is 258 Å². The molecule has 0 saturated carbocycles. The number of nitrogens with zero attached hydrogens (tertiary/aromatic N) is 3. The van der Waals surface area contributed by atoms with Crippen LogP contribution in [0.5, 0.6) is 0 Å². The van der Waals surface area contributed by atoms with Crippen LogP contribution in [0.3, 0.4) is 0 Å². The Kier molecular flexibility index (Phi) is 8.62. The minimum Gasteiger partial charge on any atom is -0.309 e. The predicted octanol–water partition coefficient (Wildman–Crippen LogP) is 19.2. The van der Waals surface area contributed by atoms with Gasteiger partial charge in [0.15, 0.2) is 5.65 Å². The van der Waals surface area contributed by atoms with Gasteiger partial charge in [-0.1, -0.05) is 200 Å². The van der Waals surface area contributed by atoms with Crippen LogP contribution in [0.15, 0.2) is 249 Å². The average Bonchev–Trinajstić information content (AvgIpc) is 4.15. The fourth-order valence-corrected chi connectivity index (χ4v) is 13.3. The van der Waals surface area contributed by atoms with Crippen molar-refractivity contribution in [1.82, 2.24) is 14.0 Å². The molecule has 16 aromatic rings. The summed E-state index contributed by atoms with van der Waals surface area (Å²) in [4.78, 5) is 5.60. The van der Waals surface area contributed by atoms with Gasteiger partial charge in [-0.3, -0.25) is 4.40 Å². The molecule has 0 amide bonds. The molecule has 4 heteroatoms. The molecule has 12 aromatic carbocycles. The lowest BCUT2D eigenvalue weighted by Crippen LogP contribution is -1.93. The third kappa shape index (κ3) is 6.08. The first kappa shape index (κ1) is 40.4. The summed E-state index contributed by atoms with van der Waals surface area (Å²) in [6.07, 6.45) is 0. The predicted molar refractivity (Wildman–Crippen MR) is 312 cm³/mol. The zero-order chi connectivity index (χ0) is 47.7. The first-order chi connectivity index (χ1) is 36.2. The van der Waals surface area contributed by atoms with Gasteiger partial charge < -0.3 is 4.57 Å². The van der Waals surface area contributed by atoms with Crippen LogP contribution in [0, 0.1) is 0 Å². The summed E-state index contributed by atoms with van der Waals surface area (Å²) in [5, 5.41) is 14.9. The Bertz CT molecular complexity index is 4940. The minimum absolute atomic E-state index is 1.00. The number of hydrogen-bond donors (Lipinski definition) is 0. The Hall–Kier alpha value is -9.35. The van der Waals surface area contributed by atoms with E-state index in [9.17, 15) is 0 Å². The molecule has 0 aliphatic carbocycles. The summed E-state index contributed by atoms with van der Waals surface area (Å²) in [6, 6.07) is 91.6. The third-order valence-electron chi connectivity index (χ3n) is 15.5. The maximum Gasteiger partial charge on any atom is 0.156 e. The highest BCUT2D eigenvalue weighted by molar-refractivity contribution is 7.27. The Labute approximate surface area is 423 Å². The molecule has 0 N–H and O–H groups in total. The van der Waals surface area contributed by atoms with Gasteiger partial charge in [0.25, 0.3) is 0 Å². The van der Waals surface area contributed by atoms with Crippen molar-refractivity contribution < 1.29 is 0 Å².